The van der Waals surface area contributed by atoms with Crippen LogP contribution in [0, 0.1) is 10.1 Å². The van der Waals surface area contributed by atoms with E-state index in [1.54, 1.807) is 0 Å². The molecule has 0 saturated carbocycles. The molecule has 0 aliphatic rings. The van der Waals surface area contributed by atoms with Gasteiger partial charge in [0.2, 0.25) is 0 Å². The molecular weight excluding hydrogens is 300 g/mol. The van der Waals surface area contributed by atoms with Crippen molar-refractivity contribution >= 4 is 29.2 Å². The van der Waals surface area contributed by atoms with Crippen molar-refractivity contribution in [2.24, 2.45) is 0 Å². The number of nitro benzene ring substituents is 1. The van der Waals surface area contributed by atoms with E-state index in [4.69, 9.17) is 16.7 Å². The van der Waals surface area contributed by atoms with Crippen molar-refractivity contribution < 1.29 is 19.6 Å². The topological polar surface area (TPSA) is 110 Å². The Balaban J connectivity index is 2.95. The Morgan fingerprint density at radius 1 is 1.48 bits per heavy atom. The predicted molar refractivity (Wildman–Crippen MR) is 76.5 cm³/mol. The highest BCUT2D eigenvalue weighted by Gasteiger charge is 2.24. The highest BCUT2D eigenvalue weighted by Crippen LogP contribution is 2.27. The molecular formula is C13H15ClN2O5. The molecule has 0 fully saturated rings. The lowest BCUT2D eigenvalue weighted by molar-refractivity contribution is -0.384. The zero-order valence-corrected chi connectivity index (χ0v) is 12.1. The number of nitrogens with one attached hydrogen (secondary N) is 1. The van der Waals surface area contributed by atoms with Gasteiger partial charge in [0.15, 0.2) is 0 Å². The smallest absolute Gasteiger partial charge is 0.326 e. The summed E-state index contributed by atoms with van der Waals surface area (Å²) in [5, 5.41) is 21.8. The molecule has 1 rings (SSSR count). The van der Waals surface area contributed by atoms with Crippen LogP contribution in [0.5, 0.6) is 0 Å². The molecule has 0 unspecified atom stereocenters. The molecule has 1 atom stereocenters. The third kappa shape index (κ3) is 4.42. The van der Waals surface area contributed by atoms with E-state index in [9.17, 15) is 19.7 Å². The van der Waals surface area contributed by atoms with Crippen LogP contribution in [0.1, 0.15) is 36.5 Å². The maximum Gasteiger partial charge on any atom is 0.326 e. The summed E-state index contributed by atoms with van der Waals surface area (Å²) in [7, 11) is 0. The number of nitro groups is 1. The van der Waals surface area contributed by atoms with Gasteiger partial charge in [-0.15, -0.1) is 0 Å². The van der Waals surface area contributed by atoms with Crippen LogP contribution in [0.4, 0.5) is 5.69 Å². The number of carboxylic acids is 1. The van der Waals surface area contributed by atoms with Crippen molar-refractivity contribution in [3.63, 3.8) is 0 Å². The van der Waals surface area contributed by atoms with E-state index >= 15 is 0 Å². The first-order valence-corrected chi connectivity index (χ1v) is 6.72. The van der Waals surface area contributed by atoms with Crippen molar-refractivity contribution in [1.82, 2.24) is 5.32 Å². The Morgan fingerprint density at radius 3 is 2.67 bits per heavy atom. The van der Waals surface area contributed by atoms with Crippen LogP contribution < -0.4 is 5.32 Å². The zero-order valence-electron chi connectivity index (χ0n) is 11.3. The first-order chi connectivity index (χ1) is 9.88. The van der Waals surface area contributed by atoms with Crippen LogP contribution in [0.2, 0.25) is 5.02 Å². The molecule has 8 heteroatoms. The molecule has 0 aromatic heterocycles. The number of rotatable bonds is 7. The minimum absolute atomic E-state index is 0.117. The largest absolute Gasteiger partial charge is 0.480 e. The van der Waals surface area contributed by atoms with Crippen molar-refractivity contribution in [2.45, 2.75) is 32.2 Å². The van der Waals surface area contributed by atoms with Gasteiger partial charge >= 0.3 is 5.97 Å². The van der Waals surface area contributed by atoms with E-state index in [1.807, 2.05) is 6.92 Å². The third-order valence-corrected chi connectivity index (χ3v) is 3.27. The molecule has 21 heavy (non-hydrogen) atoms. The van der Waals surface area contributed by atoms with E-state index in [-0.39, 0.29) is 17.0 Å². The number of hydrogen-bond donors (Lipinski definition) is 2. The number of carbonyl (C=O) groups is 2. The summed E-state index contributed by atoms with van der Waals surface area (Å²) in [4.78, 5) is 33.2. The van der Waals surface area contributed by atoms with Crippen molar-refractivity contribution in [1.29, 1.82) is 0 Å². The first-order valence-electron chi connectivity index (χ1n) is 6.35. The molecule has 0 saturated heterocycles. The van der Waals surface area contributed by atoms with Gasteiger partial charge in [-0.1, -0.05) is 37.4 Å². The Labute approximate surface area is 126 Å². The summed E-state index contributed by atoms with van der Waals surface area (Å²) in [6.07, 6.45) is 1.71. The first kappa shape index (κ1) is 16.9. The van der Waals surface area contributed by atoms with E-state index in [0.717, 1.165) is 6.42 Å². The number of carboxylic acid groups (broad SMARTS) is 1. The van der Waals surface area contributed by atoms with Crippen LogP contribution in [0.25, 0.3) is 0 Å². The monoisotopic (exact) mass is 314 g/mol. The van der Waals surface area contributed by atoms with Gasteiger partial charge in [0, 0.05) is 6.07 Å². The molecule has 1 amide bonds. The Kier molecular flexibility index (Phi) is 6.10. The summed E-state index contributed by atoms with van der Waals surface area (Å²) in [6.45, 7) is 1.90. The van der Waals surface area contributed by atoms with E-state index in [0.29, 0.717) is 6.42 Å². The molecule has 7 nitrogen and oxygen atoms in total. The third-order valence-electron chi connectivity index (χ3n) is 2.87. The molecule has 0 radical (unpaired) electrons. The van der Waals surface area contributed by atoms with Gasteiger partial charge in [0.25, 0.3) is 11.6 Å². The van der Waals surface area contributed by atoms with Crippen molar-refractivity contribution in [3.8, 4) is 0 Å². The van der Waals surface area contributed by atoms with Crippen molar-refractivity contribution in [2.75, 3.05) is 0 Å². The van der Waals surface area contributed by atoms with Gasteiger partial charge in [0.1, 0.15) is 11.1 Å². The quantitative estimate of drug-likeness (QED) is 0.594. The lowest BCUT2D eigenvalue weighted by atomic mass is 10.1. The number of halogens is 1. The highest BCUT2D eigenvalue weighted by atomic mass is 35.5. The van der Waals surface area contributed by atoms with Gasteiger partial charge in [0.05, 0.1) is 10.5 Å². The fourth-order valence-electron chi connectivity index (χ4n) is 1.74. The summed E-state index contributed by atoms with van der Waals surface area (Å²) in [5.74, 6) is -1.90. The number of unbranched alkanes of at least 4 members (excludes halogenated alkanes) is 1. The Morgan fingerprint density at radius 2 is 2.14 bits per heavy atom. The molecule has 0 aliphatic heterocycles. The van der Waals surface area contributed by atoms with Gasteiger partial charge in [-0.05, 0) is 12.5 Å². The van der Waals surface area contributed by atoms with E-state index in [2.05, 4.69) is 5.32 Å². The second-order valence-corrected chi connectivity index (χ2v) is 4.78. The SMILES string of the molecule is CCCC[C@H](NC(=O)c1cccc([N+](=O)[O-])c1Cl)C(=O)O. The number of hydrogen-bond acceptors (Lipinski definition) is 4. The summed E-state index contributed by atoms with van der Waals surface area (Å²) < 4.78 is 0. The van der Waals surface area contributed by atoms with Gasteiger partial charge in [-0.3, -0.25) is 14.9 Å². The average Bonchev–Trinajstić information content (AvgIpc) is 2.42. The maximum absolute atomic E-state index is 12.0. The van der Waals surface area contributed by atoms with Gasteiger partial charge in [-0.25, -0.2) is 4.79 Å². The van der Waals surface area contributed by atoms with E-state index < -0.39 is 28.5 Å². The fourth-order valence-corrected chi connectivity index (χ4v) is 2.02. The Bertz CT molecular complexity index is 561. The minimum atomic E-state index is -1.15. The molecule has 0 aliphatic carbocycles. The molecule has 0 heterocycles. The lowest BCUT2D eigenvalue weighted by Crippen LogP contribution is -2.40. The Hall–Kier alpha value is -2.15. The number of amides is 1. The number of aliphatic carboxylic acids is 1. The second kappa shape index (κ2) is 7.58. The van der Waals surface area contributed by atoms with Gasteiger partial charge < -0.3 is 10.4 Å². The molecule has 0 bridgehead atoms. The maximum atomic E-state index is 12.0. The second-order valence-electron chi connectivity index (χ2n) is 4.40. The molecule has 2 N–H and O–H groups in total. The highest BCUT2D eigenvalue weighted by molar-refractivity contribution is 6.35. The average molecular weight is 315 g/mol. The predicted octanol–water partition coefficient (Wildman–Crippen LogP) is 2.62. The molecule has 1 aromatic rings. The van der Waals surface area contributed by atoms with Crippen LogP contribution in [0.3, 0.4) is 0 Å². The summed E-state index contributed by atoms with van der Waals surface area (Å²) in [6, 6.07) is 2.75. The lowest BCUT2D eigenvalue weighted by Gasteiger charge is -2.14. The normalized spacial score (nSPS) is 11.7. The van der Waals surface area contributed by atoms with Crippen LogP contribution in [0.15, 0.2) is 18.2 Å². The summed E-state index contributed by atoms with van der Waals surface area (Å²) >= 11 is 5.82. The molecule has 0 spiro atoms. The number of nitrogens with zero attached hydrogens (tertiary/aromatic N) is 1. The molecule has 1 aromatic carbocycles. The molecule has 114 valence electrons. The van der Waals surface area contributed by atoms with Crippen LogP contribution >= 0.6 is 11.6 Å². The minimum Gasteiger partial charge on any atom is -0.480 e. The van der Waals surface area contributed by atoms with E-state index in [1.165, 1.54) is 18.2 Å². The number of carbonyl (C=O) groups excluding carboxylic acids is 1. The van der Waals surface area contributed by atoms with Crippen molar-refractivity contribution in [3.05, 3.63) is 38.9 Å². The summed E-state index contributed by atoms with van der Waals surface area (Å²) in [5.41, 5.74) is -0.515. The standard InChI is InChI=1S/C13H15ClN2O5/c1-2-3-6-9(13(18)19)15-12(17)8-5-4-7-10(11(8)14)16(20)21/h4-5,7,9H,2-3,6H2,1H3,(H,15,17)(H,18,19)/t9-/m0/s1. The van der Waals surface area contributed by atoms with Crippen LogP contribution in [-0.4, -0.2) is 27.9 Å². The van der Waals surface area contributed by atoms with Crippen LogP contribution in [-0.2, 0) is 4.79 Å². The zero-order chi connectivity index (χ0) is 16.0. The fraction of sp³-hybridized carbons (Fsp3) is 0.385. The van der Waals surface area contributed by atoms with Gasteiger partial charge in [-0.2, -0.15) is 0 Å². The number of benzene rings is 1.